The van der Waals surface area contributed by atoms with E-state index in [1.165, 1.54) is 0 Å². The molecule has 1 saturated heterocycles. The van der Waals surface area contributed by atoms with Crippen molar-refractivity contribution in [1.82, 2.24) is 0 Å². The van der Waals surface area contributed by atoms with E-state index in [4.69, 9.17) is 5.11 Å². The number of Topliss-reactive ketones (excluding diaryl/α,β-unsaturated/α-hetero) is 1. The van der Waals surface area contributed by atoms with Gasteiger partial charge in [-0.05, 0) is 53.2 Å². The van der Waals surface area contributed by atoms with E-state index in [0.717, 1.165) is 42.5 Å². The number of aliphatic hydroxyl groups is 1. The Hall–Kier alpha value is -1.40. The van der Waals surface area contributed by atoms with Crippen molar-refractivity contribution in [3.63, 3.8) is 0 Å². The molecule has 21 heavy (non-hydrogen) atoms. The van der Waals surface area contributed by atoms with E-state index in [1.54, 1.807) is 6.07 Å². The van der Waals surface area contributed by atoms with Gasteiger partial charge in [0.15, 0.2) is 0 Å². The van der Waals surface area contributed by atoms with Gasteiger partial charge < -0.3 is 15.3 Å². The van der Waals surface area contributed by atoms with Crippen molar-refractivity contribution >= 4 is 39.0 Å². The Morgan fingerprint density at radius 2 is 2.19 bits per heavy atom. The quantitative estimate of drug-likeness (QED) is 0.818. The number of nitrogens with zero attached hydrogens (tertiary/aromatic N) is 1. The number of benzene rings is 1. The zero-order valence-electron chi connectivity index (χ0n) is 11.6. The largest absolute Gasteiger partial charge is 0.396 e. The average Bonchev–Trinajstić information content (AvgIpc) is 2.74. The lowest BCUT2D eigenvalue weighted by atomic mass is 9.94. The molecule has 1 aromatic carbocycles. The van der Waals surface area contributed by atoms with Gasteiger partial charge in [0, 0.05) is 24.2 Å². The van der Waals surface area contributed by atoms with Gasteiger partial charge in [-0.3, -0.25) is 9.59 Å². The fourth-order valence-electron chi connectivity index (χ4n) is 3.10. The van der Waals surface area contributed by atoms with E-state index >= 15 is 0 Å². The third-order valence-electron chi connectivity index (χ3n) is 4.18. The summed E-state index contributed by atoms with van der Waals surface area (Å²) in [6.07, 6.45) is 3.03. The number of hydrogen-bond acceptors (Lipinski definition) is 4. The lowest BCUT2D eigenvalue weighted by Crippen LogP contribution is -2.36. The van der Waals surface area contributed by atoms with Crippen molar-refractivity contribution in [3.05, 3.63) is 22.2 Å². The molecule has 2 aliphatic rings. The predicted molar refractivity (Wildman–Crippen MR) is 83.7 cm³/mol. The first-order chi connectivity index (χ1) is 10.1. The van der Waals surface area contributed by atoms with Crippen LogP contribution in [-0.4, -0.2) is 36.5 Å². The number of hydrogen-bond donors (Lipinski definition) is 2. The van der Waals surface area contributed by atoms with Crippen LogP contribution in [0.25, 0.3) is 0 Å². The van der Waals surface area contributed by atoms with Crippen molar-refractivity contribution in [2.45, 2.75) is 19.3 Å². The Morgan fingerprint density at radius 1 is 1.38 bits per heavy atom. The lowest BCUT2D eigenvalue weighted by Gasteiger charge is -2.35. The Morgan fingerprint density at radius 3 is 2.95 bits per heavy atom. The Balaban J connectivity index is 1.88. The Bertz CT molecular complexity index is 601. The van der Waals surface area contributed by atoms with Crippen LogP contribution >= 0.6 is 15.9 Å². The van der Waals surface area contributed by atoms with Crippen molar-refractivity contribution < 1.29 is 14.7 Å². The van der Waals surface area contributed by atoms with Crippen molar-refractivity contribution in [1.29, 1.82) is 0 Å². The molecule has 1 aromatic rings. The molecule has 0 radical (unpaired) electrons. The van der Waals surface area contributed by atoms with Crippen LogP contribution in [-0.2, 0) is 4.79 Å². The first-order valence-corrected chi connectivity index (χ1v) is 7.94. The van der Waals surface area contributed by atoms with Crippen LogP contribution in [0.3, 0.4) is 0 Å². The molecule has 2 heterocycles. The first-order valence-electron chi connectivity index (χ1n) is 7.15. The van der Waals surface area contributed by atoms with Gasteiger partial charge in [0.05, 0.1) is 16.9 Å². The molecule has 1 fully saturated rings. The summed E-state index contributed by atoms with van der Waals surface area (Å²) in [6.45, 7) is 2.05. The van der Waals surface area contributed by atoms with Crippen LogP contribution in [0, 0.1) is 5.92 Å². The molecule has 0 aliphatic carbocycles. The molecule has 0 aromatic heterocycles. The molecule has 6 heteroatoms. The molecule has 112 valence electrons. The summed E-state index contributed by atoms with van der Waals surface area (Å²) in [5.41, 5.74) is 2.01. The highest BCUT2D eigenvalue weighted by atomic mass is 79.9. The number of rotatable bonds is 3. The maximum Gasteiger partial charge on any atom is 0.296 e. The molecular formula is C15H17BrN2O3. The standard InChI is InChI=1S/C15H17BrN2O3/c16-11-6-10-12(17-15(21)14(10)20)7-13(11)18-4-1-2-9(8-18)3-5-19/h6-7,9,19H,1-5,8H2,(H,17,20,21). The molecule has 2 N–H and O–H groups in total. The van der Waals surface area contributed by atoms with Gasteiger partial charge in [-0.15, -0.1) is 0 Å². The van der Waals surface area contributed by atoms with Gasteiger partial charge in [-0.25, -0.2) is 0 Å². The van der Waals surface area contributed by atoms with Crippen LogP contribution in [0.4, 0.5) is 11.4 Å². The van der Waals surface area contributed by atoms with Gasteiger partial charge >= 0.3 is 0 Å². The van der Waals surface area contributed by atoms with Crippen LogP contribution in [0.5, 0.6) is 0 Å². The smallest absolute Gasteiger partial charge is 0.296 e. The highest BCUT2D eigenvalue weighted by molar-refractivity contribution is 9.10. The number of nitrogens with one attached hydrogen (secondary N) is 1. The van der Waals surface area contributed by atoms with E-state index in [1.807, 2.05) is 6.07 Å². The highest BCUT2D eigenvalue weighted by Gasteiger charge is 2.30. The molecule has 3 rings (SSSR count). The van der Waals surface area contributed by atoms with E-state index in [-0.39, 0.29) is 6.61 Å². The van der Waals surface area contributed by atoms with Gasteiger partial charge in [-0.2, -0.15) is 0 Å². The number of carbonyl (C=O) groups is 2. The summed E-state index contributed by atoms with van der Waals surface area (Å²) in [4.78, 5) is 25.4. The molecule has 2 aliphatic heterocycles. The summed E-state index contributed by atoms with van der Waals surface area (Å²) in [7, 11) is 0. The third kappa shape index (κ3) is 2.70. The van der Waals surface area contributed by atoms with Gasteiger partial charge in [0.1, 0.15) is 0 Å². The zero-order valence-corrected chi connectivity index (χ0v) is 13.1. The summed E-state index contributed by atoms with van der Waals surface area (Å²) in [6, 6.07) is 3.59. The van der Waals surface area contributed by atoms with Crippen molar-refractivity contribution in [2.24, 2.45) is 5.92 Å². The maximum atomic E-state index is 11.7. The van der Waals surface area contributed by atoms with Crippen LogP contribution in [0.1, 0.15) is 29.6 Å². The Kier molecular flexibility index (Phi) is 3.99. The average molecular weight is 353 g/mol. The minimum Gasteiger partial charge on any atom is -0.396 e. The second-order valence-corrected chi connectivity index (χ2v) is 6.45. The Labute approximate surface area is 131 Å². The molecule has 1 atom stereocenters. The van der Waals surface area contributed by atoms with Gasteiger partial charge in [0.25, 0.3) is 11.7 Å². The number of piperidine rings is 1. The topological polar surface area (TPSA) is 69.6 Å². The second kappa shape index (κ2) is 5.77. The van der Waals surface area contributed by atoms with Gasteiger partial charge in [0.2, 0.25) is 0 Å². The van der Waals surface area contributed by atoms with Crippen molar-refractivity contribution in [2.75, 3.05) is 29.9 Å². The van der Waals surface area contributed by atoms with E-state index < -0.39 is 11.7 Å². The van der Waals surface area contributed by atoms with Crippen LogP contribution in [0.15, 0.2) is 16.6 Å². The summed E-state index contributed by atoms with van der Waals surface area (Å²) in [5.74, 6) is -0.556. The summed E-state index contributed by atoms with van der Waals surface area (Å²) >= 11 is 3.51. The van der Waals surface area contributed by atoms with E-state index in [9.17, 15) is 9.59 Å². The summed E-state index contributed by atoms with van der Waals surface area (Å²) < 4.78 is 0.829. The molecular weight excluding hydrogens is 336 g/mol. The number of amides is 1. The van der Waals surface area contributed by atoms with Crippen molar-refractivity contribution in [3.8, 4) is 0 Å². The molecule has 0 bridgehead atoms. The fraction of sp³-hybridized carbons (Fsp3) is 0.467. The zero-order chi connectivity index (χ0) is 15.0. The number of anilines is 2. The minimum absolute atomic E-state index is 0.217. The van der Waals surface area contributed by atoms with E-state index in [0.29, 0.717) is 17.2 Å². The van der Waals surface area contributed by atoms with Crippen LogP contribution in [0.2, 0.25) is 0 Å². The minimum atomic E-state index is -0.564. The number of fused-ring (bicyclic) bond motifs is 1. The number of carbonyl (C=O) groups excluding carboxylic acids is 2. The van der Waals surface area contributed by atoms with E-state index in [2.05, 4.69) is 26.1 Å². The fourth-order valence-corrected chi connectivity index (χ4v) is 3.69. The number of ketones is 1. The lowest BCUT2D eigenvalue weighted by molar-refractivity contribution is -0.112. The summed E-state index contributed by atoms with van der Waals surface area (Å²) in [5, 5.41) is 11.7. The molecule has 1 amide bonds. The molecule has 0 spiro atoms. The second-order valence-electron chi connectivity index (χ2n) is 5.60. The normalized spacial score (nSPS) is 21.4. The number of aliphatic hydroxyl groups excluding tert-OH is 1. The van der Waals surface area contributed by atoms with Crippen LogP contribution < -0.4 is 10.2 Å². The molecule has 5 nitrogen and oxygen atoms in total. The number of halogens is 1. The van der Waals surface area contributed by atoms with Gasteiger partial charge in [-0.1, -0.05) is 0 Å². The first kappa shape index (κ1) is 14.5. The monoisotopic (exact) mass is 352 g/mol. The maximum absolute atomic E-state index is 11.7. The SMILES string of the molecule is O=C1Nc2cc(N3CCCC(CCO)C3)c(Br)cc2C1=O. The highest BCUT2D eigenvalue weighted by Crippen LogP contribution is 2.37. The molecule has 0 saturated carbocycles. The molecule has 1 unspecified atom stereocenters. The predicted octanol–water partition coefficient (Wildman–Crippen LogP) is 2.18. The third-order valence-corrected chi connectivity index (χ3v) is 4.82.